The predicted molar refractivity (Wildman–Crippen MR) is 107 cm³/mol. The molecule has 2 N–H and O–H groups in total. The highest BCUT2D eigenvalue weighted by Gasteiger charge is 2.16. The maximum Gasteiger partial charge on any atom is 0.338 e. The molecule has 0 atom stereocenters. The van der Waals surface area contributed by atoms with Crippen LogP contribution in [0.5, 0.6) is 0 Å². The predicted octanol–water partition coefficient (Wildman–Crippen LogP) is 3.28. The third kappa shape index (κ3) is 6.00. The highest BCUT2D eigenvalue weighted by Crippen LogP contribution is 2.29. The Morgan fingerprint density at radius 2 is 1.89 bits per heavy atom. The molecule has 0 radical (unpaired) electrons. The molecule has 1 heterocycles. The lowest BCUT2D eigenvalue weighted by Gasteiger charge is -2.13. The van der Waals surface area contributed by atoms with Gasteiger partial charge in [-0.05, 0) is 38.0 Å². The van der Waals surface area contributed by atoms with Crippen molar-refractivity contribution in [3.8, 4) is 0 Å². The minimum atomic E-state index is -0.391. The summed E-state index contributed by atoms with van der Waals surface area (Å²) in [7, 11) is 1.69. The Morgan fingerprint density at radius 3 is 2.57 bits per heavy atom. The zero-order valence-corrected chi connectivity index (χ0v) is 16.9. The van der Waals surface area contributed by atoms with Gasteiger partial charge in [-0.1, -0.05) is 24.2 Å². The van der Waals surface area contributed by atoms with Crippen LogP contribution >= 0.6 is 11.3 Å². The monoisotopic (exact) mass is 407 g/mol. The third-order valence-electron chi connectivity index (χ3n) is 4.22. The zero-order chi connectivity index (χ0) is 20.5. The maximum atomic E-state index is 12.4. The van der Waals surface area contributed by atoms with Crippen LogP contribution in [0.15, 0.2) is 18.2 Å². The van der Waals surface area contributed by atoms with Gasteiger partial charge in [0.25, 0.3) is 0 Å². The molecule has 8 nitrogen and oxygen atoms in total. The van der Waals surface area contributed by atoms with Gasteiger partial charge < -0.3 is 4.74 Å². The molecule has 0 unspecified atom stereocenters. The van der Waals surface area contributed by atoms with Gasteiger partial charge in [0.05, 0.1) is 22.4 Å². The van der Waals surface area contributed by atoms with Gasteiger partial charge in [-0.3, -0.25) is 19.7 Å². The van der Waals surface area contributed by atoms with E-state index in [1.807, 2.05) is 0 Å². The van der Waals surface area contributed by atoms with E-state index in [2.05, 4.69) is 4.98 Å². The van der Waals surface area contributed by atoms with Crippen molar-refractivity contribution in [1.82, 2.24) is 10.5 Å². The van der Waals surface area contributed by atoms with E-state index < -0.39 is 5.91 Å². The van der Waals surface area contributed by atoms with Crippen molar-refractivity contribution in [3.05, 3.63) is 23.8 Å². The van der Waals surface area contributed by atoms with E-state index >= 15 is 0 Å². The number of hydroxylamine groups is 1. The van der Waals surface area contributed by atoms with E-state index in [0.717, 1.165) is 29.5 Å². The molecule has 9 heteroatoms. The molecule has 0 bridgehead atoms. The van der Waals surface area contributed by atoms with E-state index in [9.17, 15) is 14.4 Å². The molecule has 0 aliphatic heterocycles. The summed E-state index contributed by atoms with van der Waals surface area (Å²) in [6.45, 7) is 2.07. The molecule has 1 aromatic carbocycles. The highest BCUT2D eigenvalue weighted by atomic mass is 32.1. The topological polar surface area (TPSA) is 109 Å². The van der Waals surface area contributed by atoms with Crippen LogP contribution < -0.4 is 10.4 Å². The average molecular weight is 407 g/mol. The Balaban J connectivity index is 1.87. The summed E-state index contributed by atoms with van der Waals surface area (Å²) in [4.78, 5) is 41.2. The Kier molecular flexibility index (Phi) is 8.34. The van der Waals surface area contributed by atoms with Gasteiger partial charge in [-0.2, -0.15) is 0 Å². The summed E-state index contributed by atoms with van der Waals surface area (Å²) in [5.74, 6) is -0.796. The highest BCUT2D eigenvalue weighted by molar-refractivity contribution is 7.22. The van der Waals surface area contributed by atoms with Crippen molar-refractivity contribution in [2.24, 2.45) is 0 Å². The molecule has 28 heavy (non-hydrogen) atoms. The quantitative estimate of drug-likeness (QED) is 0.271. The lowest BCUT2D eigenvalue weighted by atomic mass is 10.1. The van der Waals surface area contributed by atoms with Gasteiger partial charge in [-0.25, -0.2) is 15.3 Å². The van der Waals surface area contributed by atoms with Crippen LogP contribution in [0.1, 0.15) is 55.8 Å². The van der Waals surface area contributed by atoms with E-state index in [0.29, 0.717) is 30.1 Å². The first kappa shape index (κ1) is 21.8. The number of fused-ring (bicyclic) bond motifs is 1. The molecule has 152 valence electrons. The number of esters is 1. The number of aromatic nitrogens is 1. The molecule has 0 aliphatic carbocycles. The molecule has 2 rings (SSSR count). The number of unbranched alkanes of at least 4 members (excludes halogenated alkanes) is 3. The minimum absolute atomic E-state index is 0.0298. The van der Waals surface area contributed by atoms with E-state index in [4.69, 9.17) is 9.94 Å². The number of anilines is 1. The van der Waals surface area contributed by atoms with Crippen LogP contribution in [-0.4, -0.2) is 41.6 Å². The molecule has 0 aliphatic rings. The first-order chi connectivity index (χ1) is 13.5. The standard InChI is InChI=1S/C19H25N3O5S/c1-3-27-18(25)13-10-11-14-15(12-13)28-19(20-14)22(2)17(24)9-7-5-4-6-8-16(23)21-26/h10-12,26H,3-9H2,1-2H3,(H,21,23). The molecular weight excluding hydrogens is 382 g/mol. The normalized spacial score (nSPS) is 10.7. The number of ether oxygens (including phenoxy) is 1. The van der Waals surface area contributed by atoms with Crippen LogP contribution in [-0.2, 0) is 14.3 Å². The summed E-state index contributed by atoms with van der Waals surface area (Å²) in [6.07, 6.45) is 3.73. The maximum absolute atomic E-state index is 12.4. The number of carbonyl (C=O) groups is 3. The number of nitrogens with one attached hydrogen (secondary N) is 1. The average Bonchev–Trinajstić information content (AvgIpc) is 3.12. The summed E-state index contributed by atoms with van der Waals surface area (Å²) in [6, 6.07) is 5.15. The fourth-order valence-corrected chi connectivity index (χ4v) is 3.63. The van der Waals surface area contributed by atoms with E-state index in [1.54, 1.807) is 37.7 Å². The second-order valence-electron chi connectivity index (χ2n) is 6.30. The number of benzene rings is 1. The number of rotatable bonds is 10. The van der Waals surface area contributed by atoms with Gasteiger partial charge in [0.15, 0.2) is 5.13 Å². The van der Waals surface area contributed by atoms with Crippen LogP contribution in [0.2, 0.25) is 0 Å². The fraction of sp³-hybridized carbons (Fsp3) is 0.474. The molecular formula is C19H25N3O5S. The Morgan fingerprint density at radius 1 is 1.18 bits per heavy atom. The van der Waals surface area contributed by atoms with Crippen LogP contribution in [0.25, 0.3) is 10.2 Å². The van der Waals surface area contributed by atoms with Crippen molar-refractivity contribution in [3.63, 3.8) is 0 Å². The molecule has 2 aromatic rings. The van der Waals surface area contributed by atoms with Gasteiger partial charge >= 0.3 is 5.97 Å². The van der Waals surface area contributed by atoms with Gasteiger partial charge in [0.1, 0.15) is 0 Å². The second kappa shape index (κ2) is 10.7. The number of amides is 2. The van der Waals surface area contributed by atoms with Crippen molar-refractivity contribution in [2.75, 3.05) is 18.6 Å². The Labute approximate surface area is 167 Å². The Bertz CT molecular complexity index is 836. The first-order valence-electron chi connectivity index (χ1n) is 9.23. The smallest absolute Gasteiger partial charge is 0.338 e. The number of carbonyl (C=O) groups excluding carboxylic acids is 3. The molecule has 0 spiro atoms. The van der Waals surface area contributed by atoms with Crippen LogP contribution in [0.3, 0.4) is 0 Å². The van der Waals surface area contributed by atoms with Crippen molar-refractivity contribution in [1.29, 1.82) is 0 Å². The summed E-state index contributed by atoms with van der Waals surface area (Å²) in [5.41, 5.74) is 2.80. The molecule has 0 fully saturated rings. The lowest BCUT2D eigenvalue weighted by molar-refractivity contribution is -0.129. The number of hydrogen-bond acceptors (Lipinski definition) is 7. The minimum Gasteiger partial charge on any atom is -0.462 e. The van der Waals surface area contributed by atoms with Crippen molar-refractivity contribution >= 4 is 44.5 Å². The largest absolute Gasteiger partial charge is 0.462 e. The number of thiazole rings is 1. The molecule has 0 saturated heterocycles. The molecule has 2 amide bonds. The fourth-order valence-electron chi connectivity index (χ4n) is 2.64. The molecule has 0 saturated carbocycles. The number of nitrogens with zero attached hydrogens (tertiary/aromatic N) is 2. The summed E-state index contributed by atoms with van der Waals surface area (Å²) in [5, 5.41) is 9.00. The summed E-state index contributed by atoms with van der Waals surface area (Å²) >= 11 is 1.35. The van der Waals surface area contributed by atoms with Crippen LogP contribution in [0.4, 0.5) is 5.13 Å². The van der Waals surface area contributed by atoms with Gasteiger partial charge in [0.2, 0.25) is 11.8 Å². The van der Waals surface area contributed by atoms with Crippen molar-refractivity contribution in [2.45, 2.75) is 45.4 Å². The number of hydrogen-bond donors (Lipinski definition) is 2. The SMILES string of the molecule is CCOC(=O)c1ccc2nc(N(C)C(=O)CCCCCCC(=O)NO)sc2c1. The molecule has 1 aromatic heterocycles. The van der Waals surface area contributed by atoms with E-state index in [1.165, 1.54) is 16.2 Å². The summed E-state index contributed by atoms with van der Waals surface area (Å²) < 4.78 is 5.83. The van der Waals surface area contributed by atoms with Crippen molar-refractivity contribution < 1.29 is 24.3 Å². The second-order valence-corrected chi connectivity index (χ2v) is 7.31. The van der Waals surface area contributed by atoms with Crippen LogP contribution in [0, 0.1) is 0 Å². The van der Waals surface area contributed by atoms with Gasteiger partial charge in [-0.15, -0.1) is 0 Å². The van der Waals surface area contributed by atoms with Gasteiger partial charge in [0, 0.05) is 19.9 Å². The first-order valence-corrected chi connectivity index (χ1v) is 10.0. The zero-order valence-electron chi connectivity index (χ0n) is 16.1. The lowest BCUT2D eigenvalue weighted by Crippen LogP contribution is -2.25. The third-order valence-corrected chi connectivity index (χ3v) is 5.31. The van der Waals surface area contributed by atoms with E-state index in [-0.39, 0.29) is 18.3 Å². The Hall–Kier alpha value is -2.52.